The number of ether oxygens (including phenoxy) is 1. The van der Waals surface area contributed by atoms with Crippen LogP contribution in [-0.2, 0) is 4.74 Å². The van der Waals surface area contributed by atoms with Crippen molar-refractivity contribution in [2.45, 2.75) is 19.1 Å². The fraction of sp³-hybridized carbons (Fsp3) is 0.250. The molecule has 0 radical (unpaired) electrons. The lowest BCUT2D eigenvalue weighted by Crippen LogP contribution is -2.26. The summed E-state index contributed by atoms with van der Waals surface area (Å²) in [6, 6.07) is 13.1. The van der Waals surface area contributed by atoms with Gasteiger partial charge < -0.3 is 10.1 Å². The van der Waals surface area contributed by atoms with E-state index < -0.39 is 0 Å². The summed E-state index contributed by atoms with van der Waals surface area (Å²) >= 11 is 5.90. The molecule has 1 aromatic carbocycles. The highest BCUT2D eigenvalue weighted by Crippen LogP contribution is 2.24. The predicted molar refractivity (Wildman–Crippen MR) is 83.2 cm³/mol. The third-order valence-electron chi connectivity index (χ3n) is 3.17. The van der Waals surface area contributed by atoms with E-state index in [1.165, 1.54) is 0 Å². The summed E-state index contributed by atoms with van der Waals surface area (Å²) in [4.78, 5) is 4.20. The highest BCUT2D eigenvalue weighted by molar-refractivity contribution is 6.30. The molecule has 2 aromatic rings. The van der Waals surface area contributed by atoms with E-state index in [-0.39, 0.29) is 12.1 Å². The van der Waals surface area contributed by atoms with Crippen molar-refractivity contribution >= 4 is 17.4 Å². The van der Waals surface area contributed by atoms with Gasteiger partial charge in [0, 0.05) is 18.3 Å². The van der Waals surface area contributed by atoms with E-state index in [2.05, 4.69) is 10.3 Å². The fourth-order valence-electron chi connectivity index (χ4n) is 2.14. The molecule has 0 spiro atoms. The van der Waals surface area contributed by atoms with Crippen LogP contribution in [-0.4, -0.2) is 18.1 Å². The molecule has 0 bridgehead atoms. The van der Waals surface area contributed by atoms with Crippen molar-refractivity contribution in [3.8, 4) is 6.07 Å². The maximum atomic E-state index is 8.77. The van der Waals surface area contributed by atoms with Crippen LogP contribution < -0.4 is 5.32 Å². The molecule has 0 aliphatic rings. The molecule has 108 valence electrons. The first-order chi connectivity index (χ1) is 10.1. The molecule has 1 heterocycles. The topological polar surface area (TPSA) is 57.9 Å². The first-order valence-electron chi connectivity index (χ1n) is 6.55. The second kappa shape index (κ2) is 7.07. The van der Waals surface area contributed by atoms with E-state index in [0.717, 1.165) is 5.56 Å². The second-order valence-electron chi connectivity index (χ2n) is 4.68. The monoisotopic (exact) mass is 301 g/mol. The number of hydrogen-bond acceptors (Lipinski definition) is 4. The van der Waals surface area contributed by atoms with Gasteiger partial charge >= 0.3 is 0 Å². The van der Waals surface area contributed by atoms with Gasteiger partial charge in [0.15, 0.2) is 0 Å². The van der Waals surface area contributed by atoms with Gasteiger partial charge in [0.25, 0.3) is 0 Å². The van der Waals surface area contributed by atoms with Crippen molar-refractivity contribution in [3.63, 3.8) is 0 Å². The second-order valence-corrected chi connectivity index (χ2v) is 5.12. The Balaban J connectivity index is 2.10. The number of nitriles is 1. The Kier molecular flexibility index (Phi) is 5.15. The van der Waals surface area contributed by atoms with Crippen molar-refractivity contribution in [2.24, 2.45) is 0 Å². The highest BCUT2D eigenvalue weighted by Gasteiger charge is 2.19. The number of nitrogens with zero attached hydrogens (tertiary/aromatic N) is 2. The molecular weight excluding hydrogens is 286 g/mol. The first kappa shape index (κ1) is 15.3. The molecule has 1 aromatic heterocycles. The summed E-state index contributed by atoms with van der Waals surface area (Å²) in [6.45, 7) is 2.02. The molecule has 0 saturated carbocycles. The molecule has 0 aliphatic heterocycles. The summed E-state index contributed by atoms with van der Waals surface area (Å²) in [5.41, 5.74) is 1.57. The van der Waals surface area contributed by atoms with E-state index in [1.54, 1.807) is 25.4 Å². The Hall–Kier alpha value is -2.09. The molecule has 2 unspecified atom stereocenters. The van der Waals surface area contributed by atoms with Gasteiger partial charge in [-0.2, -0.15) is 5.26 Å². The number of benzene rings is 1. The van der Waals surface area contributed by atoms with Gasteiger partial charge in [-0.15, -0.1) is 0 Å². The van der Waals surface area contributed by atoms with Crippen LogP contribution in [0.25, 0.3) is 0 Å². The third kappa shape index (κ3) is 3.94. The minimum Gasteiger partial charge on any atom is -0.375 e. The Morgan fingerprint density at radius 3 is 2.48 bits per heavy atom. The van der Waals surface area contributed by atoms with Gasteiger partial charge in [0.05, 0.1) is 11.6 Å². The van der Waals surface area contributed by atoms with Crippen molar-refractivity contribution in [3.05, 3.63) is 58.7 Å². The molecule has 2 rings (SSSR count). The summed E-state index contributed by atoms with van der Waals surface area (Å²) in [5.74, 6) is 0.706. The van der Waals surface area contributed by atoms with E-state index in [4.69, 9.17) is 21.6 Å². The van der Waals surface area contributed by atoms with Crippen LogP contribution in [0.15, 0.2) is 42.6 Å². The summed E-state index contributed by atoms with van der Waals surface area (Å²) < 4.78 is 5.57. The summed E-state index contributed by atoms with van der Waals surface area (Å²) in [5, 5.41) is 12.7. The Bertz CT molecular complexity index is 619. The Morgan fingerprint density at radius 1 is 1.24 bits per heavy atom. The molecule has 2 atom stereocenters. The smallest absolute Gasteiger partial charge is 0.126 e. The quantitative estimate of drug-likeness (QED) is 0.912. The van der Waals surface area contributed by atoms with Gasteiger partial charge in [0.2, 0.25) is 0 Å². The zero-order valence-corrected chi connectivity index (χ0v) is 12.6. The number of methoxy groups -OCH3 is 1. The summed E-state index contributed by atoms with van der Waals surface area (Å²) in [7, 11) is 1.67. The van der Waals surface area contributed by atoms with Crippen molar-refractivity contribution < 1.29 is 4.74 Å². The number of pyridine rings is 1. The fourth-order valence-corrected chi connectivity index (χ4v) is 2.26. The number of halogens is 1. The van der Waals surface area contributed by atoms with Crippen LogP contribution in [0.4, 0.5) is 5.82 Å². The largest absolute Gasteiger partial charge is 0.375 e. The van der Waals surface area contributed by atoms with Crippen LogP contribution in [0.3, 0.4) is 0 Å². The molecule has 21 heavy (non-hydrogen) atoms. The molecule has 4 nitrogen and oxygen atoms in total. The van der Waals surface area contributed by atoms with Crippen LogP contribution >= 0.6 is 11.6 Å². The minimum atomic E-state index is -0.125. The van der Waals surface area contributed by atoms with Crippen molar-refractivity contribution in [1.82, 2.24) is 4.98 Å². The van der Waals surface area contributed by atoms with E-state index in [9.17, 15) is 0 Å². The van der Waals surface area contributed by atoms with Gasteiger partial charge in [-0.25, -0.2) is 4.98 Å². The van der Waals surface area contributed by atoms with E-state index in [0.29, 0.717) is 16.4 Å². The maximum absolute atomic E-state index is 8.77. The van der Waals surface area contributed by atoms with Gasteiger partial charge in [-0.1, -0.05) is 23.7 Å². The number of hydrogen-bond donors (Lipinski definition) is 1. The Morgan fingerprint density at radius 2 is 1.95 bits per heavy atom. The Labute approximate surface area is 129 Å². The maximum Gasteiger partial charge on any atom is 0.126 e. The van der Waals surface area contributed by atoms with Gasteiger partial charge in [0.1, 0.15) is 18.0 Å². The summed E-state index contributed by atoms with van der Waals surface area (Å²) in [6.07, 6.45) is 1.42. The molecule has 0 aliphatic carbocycles. The number of nitrogens with one attached hydrogen (secondary N) is 1. The minimum absolute atomic E-state index is 0.0108. The highest BCUT2D eigenvalue weighted by atomic mass is 35.5. The average Bonchev–Trinajstić information content (AvgIpc) is 2.50. The zero-order valence-electron chi connectivity index (χ0n) is 11.9. The van der Waals surface area contributed by atoms with Crippen LogP contribution in [0.2, 0.25) is 5.02 Å². The first-order valence-corrected chi connectivity index (χ1v) is 6.93. The lowest BCUT2D eigenvalue weighted by Gasteiger charge is -2.24. The average molecular weight is 302 g/mol. The molecule has 0 saturated heterocycles. The molecule has 0 fully saturated rings. The zero-order chi connectivity index (χ0) is 15.2. The molecule has 1 N–H and O–H groups in total. The number of rotatable bonds is 5. The van der Waals surface area contributed by atoms with Gasteiger partial charge in [-0.3, -0.25) is 0 Å². The van der Waals surface area contributed by atoms with Gasteiger partial charge in [-0.05, 0) is 36.8 Å². The molecule has 5 heteroatoms. The van der Waals surface area contributed by atoms with E-state index in [1.807, 2.05) is 37.3 Å². The molecule has 0 amide bonds. The molecular formula is C16H16ClN3O. The predicted octanol–water partition coefficient (Wildman–Crippen LogP) is 3.79. The number of anilines is 1. The standard InChI is InChI=1S/C16H16ClN3O/c1-11(20-15-8-3-12(9-18)10-19-15)16(21-2)13-4-6-14(17)7-5-13/h3-8,10-11,16H,1-2H3,(H,19,20). The van der Waals surface area contributed by atoms with Crippen molar-refractivity contribution in [2.75, 3.05) is 12.4 Å². The lowest BCUT2D eigenvalue weighted by molar-refractivity contribution is 0.0907. The van der Waals surface area contributed by atoms with Crippen LogP contribution in [0.5, 0.6) is 0 Å². The normalized spacial score (nSPS) is 13.2. The van der Waals surface area contributed by atoms with Crippen molar-refractivity contribution in [1.29, 1.82) is 5.26 Å². The SMILES string of the molecule is COC(c1ccc(Cl)cc1)C(C)Nc1ccc(C#N)cn1. The lowest BCUT2D eigenvalue weighted by atomic mass is 10.0. The van der Waals surface area contributed by atoms with E-state index >= 15 is 0 Å². The van der Waals surface area contributed by atoms with Crippen LogP contribution in [0, 0.1) is 11.3 Å². The van der Waals surface area contributed by atoms with Crippen LogP contribution in [0.1, 0.15) is 24.2 Å². The third-order valence-corrected chi connectivity index (χ3v) is 3.43. The number of aromatic nitrogens is 1.